The second-order valence-corrected chi connectivity index (χ2v) is 5.56. The van der Waals surface area contributed by atoms with Crippen molar-refractivity contribution in [1.82, 2.24) is 0 Å². The highest BCUT2D eigenvalue weighted by atomic mass is 16.5. The summed E-state index contributed by atoms with van der Waals surface area (Å²) in [6.45, 7) is 2.64. The second-order valence-electron chi connectivity index (χ2n) is 5.56. The molecular weight excluding hydrogens is 290 g/mol. The van der Waals surface area contributed by atoms with Crippen LogP contribution in [0, 0.1) is 0 Å². The highest BCUT2D eigenvalue weighted by Crippen LogP contribution is 2.32. The summed E-state index contributed by atoms with van der Waals surface area (Å²) in [5.74, 6) is -0.168. The molecule has 0 aliphatic carbocycles. The van der Waals surface area contributed by atoms with Gasteiger partial charge in [-0.1, -0.05) is 25.1 Å². The molecule has 0 saturated carbocycles. The molecule has 2 aromatic rings. The lowest BCUT2D eigenvalue weighted by Crippen LogP contribution is -2.27. The minimum atomic E-state index is -0.334. The molecule has 3 rings (SSSR count). The van der Waals surface area contributed by atoms with E-state index in [-0.39, 0.29) is 11.9 Å². The van der Waals surface area contributed by atoms with Crippen LogP contribution in [0.5, 0.6) is 0 Å². The summed E-state index contributed by atoms with van der Waals surface area (Å²) in [5.41, 5.74) is 4.89. The maximum Gasteiger partial charge on any atom is 0.337 e. The van der Waals surface area contributed by atoms with Crippen LogP contribution in [0.25, 0.3) is 11.1 Å². The molecule has 0 spiro atoms. The van der Waals surface area contributed by atoms with Crippen LogP contribution in [0.4, 0.5) is 5.69 Å². The maximum atomic E-state index is 11.9. The van der Waals surface area contributed by atoms with Crippen LogP contribution in [0.1, 0.15) is 29.3 Å². The quantitative estimate of drug-likeness (QED) is 0.816. The normalized spacial score (nSPS) is 12.9. The molecule has 0 atom stereocenters. The Balaban J connectivity index is 1.88. The SMILES string of the molecule is CCC(=O)N1CCc2cc(-c3ccc(C(=O)OC)cc3)ccc21. The average Bonchev–Trinajstić information content (AvgIpc) is 3.03. The van der Waals surface area contributed by atoms with E-state index in [1.54, 1.807) is 12.1 Å². The van der Waals surface area contributed by atoms with E-state index in [2.05, 4.69) is 6.07 Å². The number of fused-ring (bicyclic) bond motifs is 1. The number of carbonyl (C=O) groups is 2. The summed E-state index contributed by atoms with van der Waals surface area (Å²) < 4.78 is 4.71. The Morgan fingerprint density at radius 3 is 2.43 bits per heavy atom. The van der Waals surface area contributed by atoms with E-state index >= 15 is 0 Å². The topological polar surface area (TPSA) is 46.6 Å². The number of benzene rings is 2. The van der Waals surface area contributed by atoms with Crippen LogP contribution < -0.4 is 4.90 Å². The second kappa shape index (κ2) is 6.24. The summed E-state index contributed by atoms with van der Waals surface area (Å²) in [7, 11) is 1.38. The summed E-state index contributed by atoms with van der Waals surface area (Å²) in [4.78, 5) is 25.3. The first-order valence-electron chi connectivity index (χ1n) is 7.76. The number of anilines is 1. The van der Waals surface area contributed by atoms with Gasteiger partial charge in [-0.15, -0.1) is 0 Å². The highest BCUT2D eigenvalue weighted by Gasteiger charge is 2.23. The number of nitrogens with zero attached hydrogens (tertiary/aromatic N) is 1. The molecule has 0 saturated heterocycles. The van der Waals surface area contributed by atoms with Crippen molar-refractivity contribution < 1.29 is 14.3 Å². The van der Waals surface area contributed by atoms with Crippen LogP contribution in [-0.2, 0) is 16.0 Å². The fourth-order valence-corrected chi connectivity index (χ4v) is 2.95. The molecule has 1 heterocycles. The average molecular weight is 309 g/mol. The van der Waals surface area contributed by atoms with Crippen LogP contribution in [0.2, 0.25) is 0 Å². The monoisotopic (exact) mass is 309 g/mol. The minimum absolute atomic E-state index is 0.166. The van der Waals surface area contributed by atoms with Crippen molar-refractivity contribution in [3.05, 3.63) is 53.6 Å². The minimum Gasteiger partial charge on any atom is -0.465 e. The van der Waals surface area contributed by atoms with Gasteiger partial charge in [0.05, 0.1) is 12.7 Å². The van der Waals surface area contributed by atoms with E-state index < -0.39 is 0 Å². The molecule has 0 fully saturated rings. The summed E-state index contributed by atoms with van der Waals surface area (Å²) in [6, 6.07) is 13.5. The van der Waals surface area contributed by atoms with Crippen molar-refractivity contribution in [3.63, 3.8) is 0 Å². The Labute approximate surface area is 135 Å². The van der Waals surface area contributed by atoms with Crippen molar-refractivity contribution in [1.29, 1.82) is 0 Å². The van der Waals surface area contributed by atoms with Crippen LogP contribution in [-0.4, -0.2) is 25.5 Å². The van der Waals surface area contributed by atoms with E-state index in [0.717, 1.165) is 29.8 Å². The number of ether oxygens (including phenoxy) is 1. The Bertz CT molecular complexity index is 750. The number of hydrogen-bond acceptors (Lipinski definition) is 3. The van der Waals surface area contributed by atoms with E-state index in [9.17, 15) is 9.59 Å². The maximum absolute atomic E-state index is 11.9. The van der Waals surface area contributed by atoms with Crippen LogP contribution >= 0.6 is 0 Å². The molecule has 0 radical (unpaired) electrons. The first-order valence-corrected chi connectivity index (χ1v) is 7.76. The van der Waals surface area contributed by atoms with Gasteiger partial charge in [0.2, 0.25) is 5.91 Å². The van der Waals surface area contributed by atoms with Gasteiger partial charge < -0.3 is 9.64 Å². The van der Waals surface area contributed by atoms with Gasteiger partial charge in [-0.2, -0.15) is 0 Å². The van der Waals surface area contributed by atoms with Gasteiger partial charge in [0, 0.05) is 18.7 Å². The van der Waals surface area contributed by atoms with E-state index in [4.69, 9.17) is 4.74 Å². The van der Waals surface area contributed by atoms with Crippen molar-refractivity contribution in [2.75, 3.05) is 18.6 Å². The predicted molar refractivity (Wildman–Crippen MR) is 89.6 cm³/mol. The smallest absolute Gasteiger partial charge is 0.337 e. The zero-order chi connectivity index (χ0) is 16.4. The van der Waals surface area contributed by atoms with Crippen molar-refractivity contribution >= 4 is 17.6 Å². The first-order chi connectivity index (χ1) is 11.1. The molecule has 0 bridgehead atoms. The van der Waals surface area contributed by atoms with Gasteiger partial charge in [0.25, 0.3) is 0 Å². The Kier molecular flexibility index (Phi) is 4.15. The number of carbonyl (C=O) groups excluding carboxylic acids is 2. The first kappa shape index (κ1) is 15.3. The summed E-state index contributed by atoms with van der Waals surface area (Å²) in [6.07, 6.45) is 1.41. The van der Waals surface area contributed by atoms with E-state index in [1.807, 2.05) is 36.1 Å². The predicted octanol–water partition coefficient (Wildman–Crippen LogP) is 3.44. The molecule has 1 aliphatic rings. The van der Waals surface area contributed by atoms with Gasteiger partial charge in [0.15, 0.2) is 0 Å². The lowest BCUT2D eigenvalue weighted by molar-refractivity contribution is -0.118. The zero-order valence-electron chi connectivity index (χ0n) is 13.3. The van der Waals surface area contributed by atoms with Crippen LogP contribution in [0.15, 0.2) is 42.5 Å². The molecular formula is C19H19NO3. The third-order valence-corrected chi connectivity index (χ3v) is 4.22. The molecule has 1 amide bonds. The van der Waals surface area contributed by atoms with Gasteiger partial charge in [-0.3, -0.25) is 4.79 Å². The van der Waals surface area contributed by atoms with Crippen molar-refractivity contribution in [3.8, 4) is 11.1 Å². The lowest BCUT2D eigenvalue weighted by atomic mass is 10.0. The molecule has 0 unspecified atom stereocenters. The fraction of sp³-hybridized carbons (Fsp3) is 0.263. The molecule has 4 nitrogen and oxygen atoms in total. The third kappa shape index (κ3) is 2.84. The molecule has 4 heteroatoms. The van der Waals surface area contributed by atoms with Crippen molar-refractivity contribution in [2.24, 2.45) is 0 Å². The zero-order valence-corrected chi connectivity index (χ0v) is 13.3. The third-order valence-electron chi connectivity index (χ3n) is 4.22. The number of hydrogen-bond donors (Lipinski definition) is 0. The fourth-order valence-electron chi connectivity index (χ4n) is 2.95. The molecule has 0 N–H and O–H groups in total. The Morgan fingerprint density at radius 2 is 1.78 bits per heavy atom. The Morgan fingerprint density at radius 1 is 1.09 bits per heavy atom. The molecule has 2 aromatic carbocycles. The van der Waals surface area contributed by atoms with E-state index in [0.29, 0.717) is 12.0 Å². The number of rotatable bonds is 3. The summed E-state index contributed by atoms with van der Waals surface area (Å²) >= 11 is 0. The van der Waals surface area contributed by atoms with Gasteiger partial charge in [-0.05, 0) is 47.4 Å². The number of methoxy groups -OCH3 is 1. The van der Waals surface area contributed by atoms with Gasteiger partial charge in [0.1, 0.15) is 0 Å². The molecule has 0 aromatic heterocycles. The largest absolute Gasteiger partial charge is 0.465 e. The highest BCUT2D eigenvalue weighted by molar-refractivity contribution is 5.96. The molecule has 118 valence electrons. The van der Waals surface area contributed by atoms with Gasteiger partial charge >= 0.3 is 5.97 Å². The van der Waals surface area contributed by atoms with Gasteiger partial charge in [-0.25, -0.2) is 4.79 Å². The number of esters is 1. The lowest BCUT2D eigenvalue weighted by Gasteiger charge is -2.16. The van der Waals surface area contributed by atoms with Crippen molar-refractivity contribution in [2.45, 2.75) is 19.8 Å². The number of amides is 1. The van der Waals surface area contributed by atoms with Crippen LogP contribution in [0.3, 0.4) is 0 Å². The molecule has 23 heavy (non-hydrogen) atoms. The Hall–Kier alpha value is -2.62. The standard InChI is InChI=1S/C19H19NO3/c1-3-18(21)20-11-10-16-12-15(8-9-17(16)20)13-4-6-14(7-5-13)19(22)23-2/h4-9,12H,3,10-11H2,1-2H3. The van der Waals surface area contributed by atoms with E-state index in [1.165, 1.54) is 12.7 Å². The molecule has 1 aliphatic heterocycles. The summed E-state index contributed by atoms with van der Waals surface area (Å²) in [5, 5.41) is 0.